The van der Waals surface area contributed by atoms with Crippen molar-refractivity contribution in [2.75, 3.05) is 18.9 Å². The topological polar surface area (TPSA) is 102 Å². The Morgan fingerprint density at radius 2 is 1.84 bits per heavy atom. The SMILES string of the molecule is C=CCN(C)S(=O)(=O)c1ccc(NCc2nnc3n(C)c(=O)c4ccccc4n23)cc1. The van der Waals surface area contributed by atoms with Crippen molar-refractivity contribution in [3.63, 3.8) is 0 Å². The first-order chi connectivity index (χ1) is 14.8. The predicted molar refractivity (Wildman–Crippen MR) is 120 cm³/mol. The number of fused-ring (bicyclic) bond motifs is 3. The molecule has 2 heterocycles. The number of anilines is 1. The van der Waals surface area contributed by atoms with Gasteiger partial charge in [-0.3, -0.25) is 13.8 Å². The minimum absolute atomic E-state index is 0.131. The lowest BCUT2D eigenvalue weighted by Gasteiger charge is -2.15. The molecule has 0 atom stereocenters. The molecule has 0 amide bonds. The lowest BCUT2D eigenvalue weighted by Crippen LogP contribution is -2.26. The van der Waals surface area contributed by atoms with Crippen LogP contribution in [-0.4, -0.2) is 45.5 Å². The van der Waals surface area contributed by atoms with E-state index in [2.05, 4.69) is 22.1 Å². The maximum Gasteiger partial charge on any atom is 0.262 e. The highest BCUT2D eigenvalue weighted by Gasteiger charge is 2.19. The average molecular weight is 439 g/mol. The molecule has 31 heavy (non-hydrogen) atoms. The molecule has 0 bridgehead atoms. The minimum atomic E-state index is -3.56. The van der Waals surface area contributed by atoms with E-state index in [1.165, 1.54) is 22.0 Å². The lowest BCUT2D eigenvalue weighted by atomic mass is 10.2. The highest BCUT2D eigenvalue weighted by molar-refractivity contribution is 7.89. The van der Waals surface area contributed by atoms with Gasteiger partial charge in [0.2, 0.25) is 15.8 Å². The van der Waals surface area contributed by atoms with Gasteiger partial charge in [0.15, 0.2) is 5.82 Å². The number of aryl methyl sites for hydroxylation is 1. The summed E-state index contributed by atoms with van der Waals surface area (Å²) in [5.74, 6) is 1.08. The van der Waals surface area contributed by atoms with Gasteiger partial charge in [-0.15, -0.1) is 16.8 Å². The largest absolute Gasteiger partial charge is 0.378 e. The predicted octanol–water partition coefficient (Wildman–Crippen LogP) is 2.00. The molecule has 160 valence electrons. The Balaban J connectivity index is 1.62. The molecule has 0 fully saturated rings. The van der Waals surface area contributed by atoms with Crippen molar-refractivity contribution in [2.24, 2.45) is 7.05 Å². The van der Waals surface area contributed by atoms with Gasteiger partial charge in [-0.2, -0.15) is 4.31 Å². The third-order valence-electron chi connectivity index (χ3n) is 5.09. The fraction of sp³-hybridized carbons (Fsp3) is 0.190. The van der Waals surface area contributed by atoms with E-state index in [1.54, 1.807) is 37.4 Å². The lowest BCUT2D eigenvalue weighted by molar-refractivity contribution is 0.499. The van der Waals surface area contributed by atoms with Gasteiger partial charge in [0.05, 0.1) is 22.3 Å². The summed E-state index contributed by atoms with van der Waals surface area (Å²) in [5, 5.41) is 12.2. The zero-order valence-electron chi connectivity index (χ0n) is 17.2. The molecule has 1 N–H and O–H groups in total. The van der Waals surface area contributed by atoms with Crippen LogP contribution in [-0.2, 0) is 23.6 Å². The Morgan fingerprint density at radius 3 is 2.55 bits per heavy atom. The van der Waals surface area contributed by atoms with Crippen LogP contribution < -0.4 is 10.9 Å². The van der Waals surface area contributed by atoms with Crippen molar-refractivity contribution in [3.05, 3.63) is 77.4 Å². The molecule has 0 unspecified atom stereocenters. The second-order valence-electron chi connectivity index (χ2n) is 7.09. The minimum Gasteiger partial charge on any atom is -0.378 e. The second-order valence-corrected chi connectivity index (χ2v) is 9.13. The number of rotatable bonds is 7. The number of benzene rings is 2. The van der Waals surface area contributed by atoms with Crippen LogP contribution in [0.1, 0.15) is 5.82 Å². The summed E-state index contributed by atoms with van der Waals surface area (Å²) >= 11 is 0. The Morgan fingerprint density at radius 1 is 1.13 bits per heavy atom. The molecule has 9 nitrogen and oxygen atoms in total. The van der Waals surface area contributed by atoms with Crippen molar-refractivity contribution in [2.45, 2.75) is 11.4 Å². The van der Waals surface area contributed by atoms with Crippen LogP contribution in [0.15, 0.2) is 70.9 Å². The number of aromatic nitrogens is 4. The van der Waals surface area contributed by atoms with Crippen LogP contribution in [0.5, 0.6) is 0 Å². The van der Waals surface area contributed by atoms with Gasteiger partial charge in [0.1, 0.15) is 0 Å². The highest BCUT2D eigenvalue weighted by atomic mass is 32.2. The fourth-order valence-electron chi connectivity index (χ4n) is 3.39. The van der Waals surface area contributed by atoms with Crippen LogP contribution in [0.25, 0.3) is 16.7 Å². The molecule has 0 saturated heterocycles. The van der Waals surface area contributed by atoms with E-state index in [-0.39, 0.29) is 17.0 Å². The Bertz CT molecular complexity index is 1440. The average Bonchev–Trinajstić information content (AvgIpc) is 3.21. The summed E-state index contributed by atoms with van der Waals surface area (Å²) in [5.41, 5.74) is 1.33. The Kier molecular flexibility index (Phi) is 5.34. The number of hydrogen-bond donors (Lipinski definition) is 1. The van der Waals surface area contributed by atoms with Crippen LogP contribution >= 0.6 is 0 Å². The first-order valence-electron chi connectivity index (χ1n) is 9.57. The third-order valence-corrected chi connectivity index (χ3v) is 6.93. The van der Waals surface area contributed by atoms with Crippen molar-refractivity contribution in [1.29, 1.82) is 0 Å². The number of nitrogens with one attached hydrogen (secondary N) is 1. The number of hydrogen-bond acceptors (Lipinski definition) is 6. The van der Waals surface area contributed by atoms with E-state index in [0.29, 0.717) is 23.5 Å². The summed E-state index contributed by atoms with van der Waals surface area (Å²) in [6, 6.07) is 13.8. The number of likely N-dealkylation sites (N-methyl/N-ethyl adjacent to an activating group) is 1. The maximum atomic E-state index is 12.5. The van der Waals surface area contributed by atoms with Crippen molar-refractivity contribution in [1.82, 2.24) is 23.5 Å². The molecule has 4 rings (SSSR count). The van der Waals surface area contributed by atoms with Crippen molar-refractivity contribution < 1.29 is 8.42 Å². The first kappa shape index (κ1) is 20.8. The standard InChI is InChI=1S/C21H22N6O3S/c1-4-13-25(2)31(29,30)16-11-9-15(10-12-16)22-14-19-23-24-21-26(3)20(28)17-7-5-6-8-18(17)27(19)21/h4-12,22H,1,13-14H2,2-3H3. The zero-order valence-corrected chi connectivity index (χ0v) is 18.0. The fourth-order valence-corrected chi connectivity index (χ4v) is 4.53. The van der Waals surface area contributed by atoms with Crippen LogP contribution in [0, 0.1) is 0 Å². The Hall–Kier alpha value is -3.50. The van der Waals surface area contributed by atoms with Crippen molar-refractivity contribution >= 4 is 32.4 Å². The Labute approximate surface area is 179 Å². The highest BCUT2D eigenvalue weighted by Crippen LogP contribution is 2.19. The molecule has 2 aromatic heterocycles. The van der Waals surface area contributed by atoms with Gasteiger partial charge in [0.25, 0.3) is 5.56 Å². The van der Waals surface area contributed by atoms with Crippen molar-refractivity contribution in [3.8, 4) is 0 Å². The van der Waals surface area contributed by atoms with E-state index in [4.69, 9.17) is 0 Å². The summed E-state index contributed by atoms with van der Waals surface area (Å²) in [7, 11) is -0.386. The van der Waals surface area contributed by atoms with Gasteiger partial charge >= 0.3 is 0 Å². The summed E-state index contributed by atoms with van der Waals surface area (Å²) in [6.07, 6.45) is 1.54. The molecule has 2 aromatic carbocycles. The second kappa shape index (κ2) is 7.97. The van der Waals surface area contributed by atoms with Gasteiger partial charge in [-0.25, -0.2) is 8.42 Å². The smallest absolute Gasteiger partial charge is 0.262 e. The van der Waals surface area contributed by atoms with Gasteiger partial charge < -0.3 is 5.32 Å². The van der Waals surface area contributed by atoms with E-state index in [0.717, 1.165) is 11.2 Å². The number of nitrogens with zero attached hydrogens (tertiary/aromatic N) is 5. The quantitative estimate of drug-likeness (QED) is 0.443. The maximum absolute atomic E-state index is 12.5. The van der Waals surface area contributed by atoms with E-state index < -0.39 is 10.0 Å². The molecule has 4 aromatic rings. The van der Waals surface area contributed by atoms with Gasteiger partial charge in [-0.1, -0.05) is 18.2 Å². The van der Waals surface area contributed by atoms with Crippen LogP contribution in [0.2, 0.25) is 0 Å². The molecular formula is C21H22N6O3S. The molecule has 0 saturated carbocycles. The van der Waals surface area contributed by atoms with E-state index in [9.17, 15) is 13.2 Å². The molecular weight excluding hydrogens is 416 g/mol. The first-order valence-corrected chi connectivity index (χ1v) is 11.0. The number of sulfonamides is 1. The summed E-state index contributed by atoms with van der Waals surface area (Å²) in [6.45, 7) is 4.15. The summed E-state index contributed by atoms with van der Waals surface area (Å²) < 4.78 is 29.6. The third kappa shape index (κ3) is 3.60. The molecule has 10 heteroatoms. The van der Waals surface area contributed by atoms with Gasteiger partial charge in [0, 0.05) is 26.3 Å². The van der Waals surface area contributed by atoms with E-state index in [1.807, 2.05) is 22.6 Å². The zero-order chi connectivity index (χ0) is 22.2. The normalized spacial score (nSPS) is 12.0. The van der Waals surface area contributed by atoms with Gasteiger partial charge in [-0.05, 0) is 36.4 Å². The van der Waals surface area contributed by atoms with Crippen LogP contribution in [0.3, 0.4) is 0 Å². The molecule has 0 aliphatic rings. The molecule has 0 aliphatic heterocycles. The summed E-state index contributed by atoms with van der Waals surface area (Å²) in [4.78, 5) is 12.7. The van der Waals surface area contributed by atoms with E-state index >= 15 is 0 Å². The number of para-hydroxylation sites is 1. The monoisotopic (exact) mass is 438 g/mol. The molecule has 0 aliphatic carbocycles. The molecule has 0 radical (unpaired) electrons. The molecule has 0 spiro atoms. The van der Waals surface area contributed by atoms with Crippen LogP contribution in [0.4, 0.5) is 5.69 Å².